The number of aliphatic hydroxyl groups is 1. The largest absolute Gasteiger partial charge is 0.494 e. The molecule has 4 heterocycles. The Hall–Kier alpha value is -6.20. The van der Waals surface area contributed by atoms with E-state index in [2.05, 4.69) is 36.1 Å². The lowest BCUT2D eigenvalue weighted by molar-refractivity contribution is -0.144. The molecule has 5 N–H and O–H groups in total. The maximum Gasteiger partial charge on any atom is 0.274 e. The lowest BCUT2D eigenvalue weighted by atomic mass is 9.85. The number of H-pyrrole nitrogens is 1. The van der Waals surface area contributed by atoms with Gasteiger partial charge in [-0.25, -0.2) is 14.4 Å². The number of aromatic nitrogens is 4. The number of pyridine rings is 1. The van der Waals surface area contributed by atoms with Crippen LogP contribution in [0.25, 0.3) is 21.8 Å². The minimum absolute atomic E-state index is 0.00157. The highest BCUT2D eigenvalue weighted by molar-refractivity contribution is 7.13. The van der Waals surface area contributed by atoms with Crippen LogP contribution in [-0.2, 0) is 20.9 Å². The molecule has 5 aromatic rings. The van der Waals surface area contributed by atoms with Crippen molar-refractivity contribution in [1.29, 1.82) is 0 Å². The highest BCUT2D eigenvalue weighted by atomic mass is 32.1. The zero-order valence-corrected chi connectivity index (χ0v) is 36.3. The summed E-state index contributed by atoms with van der Waals surface area (Å²) >= 11 is 1.57. The number of rotatable bonds is 18. The van der Waals surface area contributed by atoms with E-state index in [4.69, 9.17) is 9.47 Å². The summed E-state index contributed by atoms with van der Waals surface area (Å²) in [6.45, 7) is 8.22. The van der Waals surface area contributed by atoms with Gasteiger partial charge in [0, 0.05) is 38.2 Å². The number of hydrogen-bond acceptors (Lipinski definition) is 11. The molecule has 62 heavy (non-hydrogen) atoms. The summed E-state index contributed by atoms with van der Waals surface area (Å²) in [6, 6.07) is 15.1. The summed E-state index contributed by atoms with van der Waals surface area (Å²) in [6.07, 6.45) is 3.81. The number of methoxy groups -OCH3 is 1. The predicted molar refractivity (Wildman–Crippen MR) is 233 cm³/mol. The lowest BCUT2D eigenvalue weighted by Crippen LogP contribution is -2.57. The lowest BCUT2D eigenvalue weighted by Gasteiger charge is -2.35. The van der Waals surface area contributed by atoms with Crippen LogP contribution < -0.4 is 25.4 Å². The number of β-amino-alcohol motifs (C(OH)–C–C–N with tert-alkyl or cyclic N) is 1. The van der Waals surface area contributed by atoms with Crippen molar-refractivity contribution < 1.29 is 38.1 Å². The molecule has 1 saturated heterocycles. The van der Waals surface area contributed by atoms with E-state index in [1.54, 1.807) is 35.6 Å². The molecule has 0 aliphatic carbocycles. The van der Waals surface area contributed by atoms with Crippen molar-refractivity contribution >= 4 is 40.7 Å². The number of nitrogens with zero attached hydrogens (tertiary/aromatic N) is 4. The summed E-state index contributed by atoms with van der Waals surface area (Å²) in [5.41, 5.74) is 4.77. The first-order valence-electron chi connectivity index (χ1n) is 20.5. The van der Waals surface area contributed by atoms with Gasteiger partial charge in [-0.2, -0.15) is 5.10 Å². The maximum atomic E-state index is 14.4. The molecule has 17 heteroatoms. The van der Waals surface area contributed by atoms with Crippen LogP contribution >= 0.6 is 11.3 Å². The molecule has 0 spiro atoms. The van der Waals surface area contributed by atoms with E-state index in [0.717, 1.165) is 41.0 Å². The second-order valence-corrected chi connectivity index (χ2v) is 17.1. The van der Waals surface area contributed by atoms with Crippen molar-refractivity contribution in [2.45, 2.75) is 91.0 Å². The summed E-state index contributed by atoms with van der Waals surface area (Å²) < 4.78 is 25.8. The Morgan fingerprint density at radius 3 is 2.50 bits per heavy atom. The van der Waals surface area contributed by atoms with Gasteiger partial charge in [0.05, 0.1) is 47.3 Å². The number of hydrogen-bond donors (Lipinski definition) is 5. The molecule has 1 aliphatic rings. The molecule has 0 saturated carbocycles. The number of aryl methyl sites for hydroxylation is 1. The molecule has 3 atom stereocenters. The van der Waals surface area contributed by atoms with Gasteiger partial charge < -0.3 is 35.4 Å². The summed E-state index contributed by atoms with van der Waals surface area (Å²) in [4.78, 5) is 64.5. The van der Waals surface area contributed by atoms with Crippen LogP contribution in [0.2, 0.25) is 0 Å². The fraction of sp³-hybridized carbons (Fsp3) is 0.400. The van der Waals surface area contributed by atoms with Gasteiger partial charge in [-0.15, -0.1) is 11.3 Å². The molecule has 2 aromatic carbocycles. The number of nitrogens with one attached hydrogen (secondary N) is 4. The molecule has 0 radical (unpaired) electrons. The van der Waals surface area contributed by atoms with Gasteiger partial charge in [-0.05, 0) is 66.6 Å². The number of aromatic amines is 1. The zero-order chi connectivity index (χ0) is 44.4. The standard InChI is InChI=1S/C45H53FN8O7S/c1-27-40(62-26-48-27)29-13-11-28(12-14-29)24-47-43(58)36-22-30(55)25-54(36)44(59)41(45(2,3)4)52-38(56)10-8-6-7-9-21-61-31-15-17-33(37(23-31)60-5)51-42(57)35-18-16-32(46)39(50-35)34-19-20-49-53-34/h11-20,23,26,30,36,41,55H,6-10,21-22,24-25H2,1-5H3,(H,47,58)(H,49,53)(H,51,57)(H,52,56)/t30-,36+,41-/m1/s1. The molecular formula is C45H53FN8O7S. The van der Waals surface area contributed by atoms with Gasteiger partial charge >= 0.3 is 0 Å². The Morgan fingerprint density at radius 1 is 1.03 bits per heavy atom. The van der Waals surface area contributed by atoms with E-state index in [-0.39, 0.29) is 49.1 Å². The summed E-state index contributed by atoms with van der Waals surface area (Å²) in [7, 11) is 1.47. The average Bonchev–Trinajstić information content (AvgIpc) is 4.04. The highest BCUT2D eigenvalue weighted by Crippen LogP contribution is 2.31. The van der Waals surface area contributed by atoms with Crippen LogP contribution in [0, 0.1) is 18.2 Å². The van der Waals surface area contributed by atoms with E-state index in [9.17, 15) is 28.7 Å². The van der Waals surface area contributed by atoms with E-state index < -0.39 is 41.2 Å². The van der Waals surface area contributed by atoms with Crippen LogP contribution in [0.5, 0.6) is 11.5 Å². The van der Waals surface area contributed by atoms with Crippen molar-refractivity contribution in [3.8, 4) is 33.3 Å². The van der Waals surface area contributed by atoms with E-state index in [1.165, 1.54) is 30.3 Å². The smallest absolute Gasteiger partial charge is 0.274 e. The van der Waals surface area contributed by atoms with Crippen LogP contribution in [0.3, 0.4) is 0 Å². The van der Waals surface area contributed by atoms with Gasteiger partial charge in [0.15, 0.2) is 5.82 Å². The molecule has 1 fully saturated rings. The number of ether oxygens (including phenoxy) is 2. The number of halogens is 1. The van der Waals surface area contributed by atoms with Crippen LogP contribution in [0.15, 0.2) is 72.4 Å². The van der Waals surface area contributed by atoms with Gasteiger partial charge in [-0.3, -0.25) is 24.3 Å². The van der Waals surface area contributed by atoms with Crippen molar-refractivity contribution in [3.05, 3.63) is 95.1 Å². The first-order valence-corrected chi connectivity index (χ1v) is 21.4. The monoisotopic (exact) mass is 868 g/mol. The number of amides is 4. The van der Waals surface area contributed by atoms with Crippen molar-refractivity contribution in [2.24, 2.45) is 5.41 Å². The Kier molecular flexibility index (Phi) is 15.0. The Labute approximate surface area is 363 Å². The van der Waals surface area contributed by atoms with Crippen LogP contribution in [0.4, 0.5) is 10.1 Å². The average molecular weight is 869 g/mol. The molecule has 4 amide bonds. The third-order valence-corrected chi connectivity index (χ3v) is 11.5. The van der Waals surface area contributed by atoms with Crippen molar-refractivity contribution in [3.63, 3.8) is 0 Å². The van der Waals surface area contributed by atoms with E-state index >= 15 is 0 Å². The summed E-state index contributed by atoms with van der Waals surface area (Å²) in [5.74, 6) is -1.27. The van der Waals surface area contributed by atoms with E-state index in [0.29, 0.717) is 35.9 Å². The molecule has 0 bridgehead atoms. The molecule has 15 nitrogen and oxygen atoms in total. The summed E-state index contributed by atoms with van der Waals surface area (Å²) in [5, 5.41) is 25.6. The number of likely N-dealkylation sites (tertiary alicyclic amines) is 1. The molecule has 1 aliphatic heterocycles. The number of carbonyl (C=O) groups is 4. The Morgan fingerprint density at radius 2 is 1.81 bits per heavy atom. The molecule has 0 unspecified atom stereocenters. The molecular weight excluding hydrogens is 816 g/mol. The number of benzene rings is 2. The number of unbranched alkanes of at least 4 members (excludes halogenated alkanes) is 3. The first-order chi connectivity index (χ1) is 29.7. The first kappa shape index (κ1) is 45.3. The van der Waals surface area contributed by atoms with Crippen molar-refractivity contribution in [2.75, 3.05) is 25.6 Å². The Balaban J connectivity index is 0.923. The van der Waals surface area contributed by atoms with Crippen LogP contribution in [0.1, 0.15) is 81.0 Å². The number of thiazole rings is 1. The Bertz CT molecular complexity index is 2330. The van der Waals surface area contributed by atoms with E-state index in [1.807, 2.05) is 57.5 Å². The fourth-order valence-corrected chi connectivity index (χ4v) is 7.95. The maximum absolute atomic E-state index is 14.4. The number of carbonyl (C=O) groups excluding carboxylic acids is 4. The normalized spacial score (nSPS) is 15.5. The third kappa shape index (κ3) is 11.6. The van der Waals surface area contributed by atoms with Crippen molar-refractivity contribution in [1.82, 2.24) is 35.7 Å². The minimum atomic E-state index is -0.900. The van der Waals surface area contributed by atoms with Gasteiger partial charge in [0.25, 0.3) is 5.91 Å². The zero-order valence-electron chi connectivity index (χ0n) is 35.5. The molecule has 6 rings (SSSR count). The van der Waals surface area contributed by atoms with Crippen LogP contribution in [-0.4, -0.2) is 92.2 Å². The van der Waals surface area contributed by atoms with Gasteiger partial charge in [0.1, 0.15) is 35.0 Å². The third-order valence-electron chi connectivity index (χ3n) is 10.5. The quantitative estimate of drug-likeness (QED) is 0.0611. The molecule has 3 aromatic heterocycles. The van der Waals surface area contributed by atoms with Gasteiger partial charge in [0.2, 0.25) is 17.7 Å². The molecule has 328 valence electrons. The number of anilines is 1. The fourth-order valence-electron chi connectivity index (χ4n) is 7.14. The highest BCUT2D eigenvalue weighted by Gasteiger charge is 2.44. The number of aliphatic hydroxyl groups excluding tert-OH is 1. The van der Waals surface area contributed by atoms with Gasteiger partial charge in [-0.1, -0.05) is 57.9 Å². The SMILES string of the molecule is COc1cc(OCCCCCCC(=O)N[C@H](C(=O)N2C[C@H](O)C[C@H]2C(=O)NCc2ccc(-c3scnc3C)cc2)C(C)(C)C)ccc1NC(=O)c1ccc(F)c(-c2ccn[nH]2)n1. The predicted octanol–water partition coefficient (Wildman–Crippen LogP) is 6.44. The topological polar surface area (TPSA) is 201 Å². The minimum Gasteiger partial charge on any atom is -0.494 e. The second kappa shape index (κ2) is 20.6. The second-order valence-electron chi connectivity index (χ2n) is 16.3.